The number of carbonyl (C=O) groups excluding carboxylic acids is 1. The summed E-state index contributed by atoms with van der Waals surface area (Å²) in [5, 5.41) is 0.558. The van der Waals surface area contributed by atoms with Crippen molar-refractivity contribution >= 4 is 32.4 Å². The lowest BCUT2D eigenvalue weighted by Crippen LogP contribution is -2.41. The maximum atomic E-state index is 13.7. The van der Waals surface area contributed by atoms with Crippen LogP contribution < -0.4 is 4.90 Å². The van der Waals surface area contributed by atoms with Crippen LogP contribution in [0, 0.1) is 5.82 Å². The molecule has 6 nitrogen and oxygen atoms in total. The minimum absolute atomic E-state index is 0.0166. The molecule has 1 amide bonds. The number of benzene rings is 2. The molecule has 1 aliphatic heterocycles. The SMILES string of the molecule is CN(C)c1ccc(CN(C(=O)Cc2coc3ccc(F)cc23)C2CCS(=O)(=O)C2)cc1. The van der Waals surface area contributed by atoms with E-state index in [0.717, 1.165) is 11.3 Å². The standard InChI is InChI=1S/C23H25FN2O4S/c1-25(2)19-6-3-16(4-7-19)13-26(20-9-10-31(28,29)15-20)23(27)11-17-14-30-22-8-5-18(24)12-21(17)22/h3-8,12,14,20H,9-11,13,15H2,1-2H3. The zero-order valence-electron chi connectivity index (χ0n) is 17.5. The van der Waals surface area contributed by atoms with E-state index in [-0.39, 0.29) is 29.9 Å². The Morgan fingerprint density at radius 2 is 1.90 bits per heavy atom. The minimum Gasteiger partial charge on any atom is -0.464 e. The van der Waals surface area contributed by atoms with Gasteiger partial charge in [0.1, 0.15) is 11.4 Å². The zero-order chi connectivity index (χ0) is 22.2. The first-order valence-electron chi connectivity index (χ1n) is 10.1. The summed E-state index contributed by atoms with van der Waals surface area (Å²) in [7, 11) is 0.746. The summed E-state index contributed by atoms with van der Waals surface area (Å²) >= 11 is 0. The van der Waals surface area contributed by atoms with Gasteiger partial charge in [0.25, 0.3) is 0 Å². The Balaban J connectivity index is 1.60. The van der Waals surface area contributed by atoms with E-state index in [1.807, 2.05) is 43.3 Å². The lowest BCUT2D eigenvalue weighted by molar-refractivity contribution is -0.133. The Bertz CT molecular complexity index is 1200. The number of amides is 1. The molecule has 4 rings (SSSR count). The molecule has 1 atom stereocenters. The number of nitrogens with zero attached hydrogens (tertiary/aromatic N) is 2. The number of anilines is 1. The predicted molar refractivity (Wildman–Crippen MR) is 118 cm³/mol. The molecule has 0 spiro atoms. The third-order valence-electron chi connectivity index (χ3n) is 5.73. The molecule has 8 heteroatoms. The molecule has 0 radical (unpaired) electrons. The molecule has 0 N–H and O–H groups in total. The van der Waals surface area contributed by atoms with Gasteiger partial charge < -0.3 is 14.2 Å². The lowest BCUT2D eigenvalue weighted by atomic mass is 10.1. The Hall–Kier alpha value is -2.87. The van der Waals surface area contributed by atoms with Gasteiger partial charge in [0.2, 0.25) is 5.91 Å². The Morgan fingerprint density at radius 3 is 2.55 bits per heavy atom. The topological polar surface area (TPSA) is 70.8 Å². The van der Waals surface area contributed by atoms with Gasteiger partial charge in [0.05, 0.1) is 24.2 Å². The van der Waals surface area contributed by atoms with Crippen molar-refractivity contribution in [3.8, 4) is 0 Å². The van der Waals surface area contributed by atoms with Gasteiger partial charge in [-0.05, 0) is 42.3 Å². The Kier molecular flexibility index (Phi) is 5.75. The molecule has 0 bridgehead atoms. The molecule has 164 valence electrons. The van der Waals surface area contributed by atoms with Crippen molar-refractivity contribution in [2.75, 3.05) is 30.5 Å². The van der Waals surface area contributed by atoms with Crippen LogP contribution in [0.25, 0.3) is 11.0 Å². The highest BCUT2D eigenvalue weighted by molar-refractivity contribution is 7.91. The monoisotopic (exact) mass is 444 g/mol. The molecule has 1 aliphatic rings. The van der Waals surface area contributed by atoms with E-state index in [2.05, 4.69) is 0 Å². The van der Waals surface area contributed by atoms with Crippen LogP contribution in [0.15, 0.2) is 53.1 Å². The number of halogens is 1. The first-order valence-corrected chi connectivity index (χ1v) is 12.0. The number of sulfone groups is 1. The number of carbonyl (C=O) groups is 1. The summed E-state index contributed by atoms with van der Waals surface area (Å²) in [4.78, 5) is 16.9. The largest absolute Gasteiger partial charge is 0.464 e. The molecular formula is C23H25FN2O4S. The maximum Gasteiger partial charge on any atom is 0.227 e. The third kappa shape index (κ3) is 4.74. The Labute approximate surface area is 181 Å². The van der Waals surface area contributed by atoms with Crippen molar-refractivity contribution in [1.82, 2.24) is 4.90 Å². The normalized spacial score (nSPS) is 17.7. The summed E-state index contributed by atoms with van der Waals surface area (Å²) in [6.07, 6.45) is 1.91. The molecule has 0 saturated carbocycles. The minimum atomic E-state index is -3.16. The van der Waals surface area contributed by atoms with E-state index in [1.165, 1.54) is 24.5 Å². The molecule has 3 aromatic rings. The number of furan rings is 1. The Morgan fingerprint density at radius 1 is 1.16 bits per heavy atom. The van der Waals surface area contributed by atoms with Crippen LogP contribution in [0.5, 0.6) is 0 Å². The fourth-order valence-corrected chi connectivity index (χ4v) is 5.72. The van der Waals surface area contributed by atoms with Crippen molar-refractivity contribution in [3.63, 3.8) is 0 Å². The molecule has 1 unspecified atom stereocenters. The number of hydrogen-bond donors (Lipinski definition) is 0. The van der Waals surface area contributed by atoms with E-state index in [1.54, 1.807) is 4.90 Å². The van der Waals surface area contributed by atoms with E-state index in [9.17, 15) is 17.6 Å². The molecule has 1 aromatic heterocycles. The fourth-order valence-electron chi connectivity index (χ4n) is 3.99. The summed E-state index contributed by atoms with van der Waals surface area (Å²) < 4.78 is 43.3. The highest BCUT2D eigenvalue weighted by Gasteiger charge is 2.35. The number of hydrogen-bond acceptors (Lipinski definition) is 5. The van der Waals surface area contributed by atoms with Crippen molar-refractivity contribution in [2.24, 2.45) is 0 Å². The van der Waals surface area contributed by atoms with Crippen molar-refractivity contribution < 1.29 is 22.0 Å². The molecule has 31 heavy (non-hydrogen) atoms. The van der Waals surface area contributed by atoms with Crippen LogP contribution in [0.3, 0.4) is 0 Å². The van der Waals surface area contributed by atoms with Crippen molar-refractivity contribution in [1.29, 1.82) is 0 Å². The van der Waals surface area contributed by atoms with Gasteiger partial charge in [0, 0.05) is 43.3 Å². The van der Waals surface area contributed by atoms with Crippen molar-refractivity contribution in [2.45, 2.75) is 25.4 Å². The first-order chi connectivity index (χ1) is 14.7. The summed E-state index contributed by atoms with van der Waals surface area (Å²) in [6.45, 7) is 0.316. The van der Waals surface area contributed by atoms with Gasteiger partial charge in [0.15, 0.2) is 9.84 Å². The van der Waals surface area contributed by atoms with E-state index in [4.69, 9.17) is 4.42 Å². The average Bonchev–Trinajstić information content (AvgIpc) is 3.28. The molecule has 2 heterocycles. The highest BCUT2D eigenvalue weighted by atomic mass is 32.2. The van der Waals surface area contributed by atoms with E-state index >= 15 is 0 Å². The van der Waals surface area contributed by atoms with Crippen LogP contribution in [-0.2, 0) is 27.6 Å². The fraction of sp³-hybridized carbons (Fsp3) is 0.348. The smallest absolute Gasteiger partial charge is 0.227 e. The van der Waals surface area contributed by atoms with Crippen LogP contribution in [-0.4, -0.2) is 50.9 Å². The van der Waals surface area contributed by atoms with Gasteiger partial charge in [-0.2, -0.15) is 0 Å². The number of rotatable bonds is 6. The average molecular weight is 445 g/mol. The van der Waals surface area contributed by atoms with Gasteiger partial charge in [-0.1, -0.05) is 12.1 Å². The van der Waals surface area contributed by atoms with Gasteiger partial charge in [-0.15, -0.1) is 0 Å². The van der Waals surface area contributed by atoms with Crippen LogP contribution >= 0.6 is 0 Å². The summed E-state index contributed by atoms with van der Waals surface area (Å²) in [5.74, 6) is -0.552. The molecular weight excluding hydrogens is 419 g/mol. The van der Waals surface area contributed by atoms with E-state index in [0.29, 0.717) is 29.5 Å². The first kappa shape index (κ1) is 21.4. The summed E-state index contributed by atoms with van der Waals surface area (Å²) in [5.41, 5.74) is 3.06. The van der Waals surface area contributed by atoms with Crippen LogP contribution in [0.2, 0.25) is 0 Å². The lowest BCUT2D eigenvalue weighted by Gasteiger charge is -2.28. The van der Waals surface area contributed by atoms with Crippen LogP contribution in [0.4, 0.5) is 10.1 Å². The predicted octanol–water partition coefficient (Wildman–Crippen LogP) is 3.40. The molecule has 2 aromatic carbocycles. The maximum absolute atomic E-state index is 13.7. The number of fused-ring (bicyclic) bond motifs is 1. The second-order valence-electron chi connectivity index (χ2n) is 8.22. The molecule has 1 fully saturated rings. The molecule has 0 aliphatic carbocycles. The molecule has 1 saturated heterocycles. The zero-order valence-corrected chi connectivity index (χ0v) is 18.4. The summed E-state index contributed by atoms with van der Waals surface area (Å²) in [6, 6.07) is 11.7. The van der Waals surface area contributed by atoms with E-state index < -0.39 is 15.7 Å². The second-order valence-corrected chi connectivity index (χ2v) is 10.4. The van der Waals surface area contributed by atoms with Gasteiger partial charge >= 0.3 is 0 Å². The quantitative estimate of drug-likeness (QED) is 0.583. The van der Waals surface area contributed by atoms with Crippen LogP contribution in [0.1, 0.15) is 17.5 Å². The highest BCUT2D eigenvalue weighted by Crippen LogP contribution is 2.26. The third-order valence-corrected chi connectivity index (χ3v) is 7.48. The van der Waals surface area contributed by atoms with Gasteiger partial charge in [-0.25, -0.2) is 12.8 Å². The second kappa shape index (κ2) is 8.34. The van der Waals surface area contributed by atoms with Gasteiger partial charge in [-0.3, -0.25) is 4.79 Å². The van der Waals surface area contributed by atoms with Crippen molar-refractivity contribution in [3.05, 3.63) is 65.7 Å².